The quantitative estimate of drug-likeness (QED) is 0.814. The smallest absolute Gasteiger partial charge is 0.289 e. The summed E-state index contributed by atoms with van der Waals surface area (Å²) >= 11 is 0. The molecular weight excluding hydrogens is 236 g/mol. The molecule has 18 heavy (non-hydrogen) atoms. The molecule has 0 radical (unpaired) electrons. The second kappa shape index (κ2) is 6.20. The van der Waals surface area contributed by atoms with Crippen molar-refractivity contribution in [3.05, 3.63) is 24.2 Å². The van der Waals surface area contributed by atoms with Crippen molar-refractivity contribution in [1.82, 2.24) is 9.80 Å². The molecule has 0 fully saturated rings. The number of hydrogen-bond donors (Lipinski definition) is 1. The van der Waals surface area contributed by atoms with Gasteiger partial charge in [0.25, 0.3) is 5.91 Å². The fourth-order valence-electron chi connectivity index (χ4n) is 1.48. The second-order valence-corrected chi connectivity index (χ2v) is 4.26. The van der Waals surface area contributed by atoms with Crippen molar-refractivity contribution < 1.29 is 19.1 Å². The van der Waals surface area contributed by atoms with Gasteiger partial charge in [0, 0.05) is 20.6 Å². The SMILES string of the molecule is CC(O)CN(C)C(=O)CN(C)C(=O)c1ccco1. The summed E-state index contributed by atoms with van der Waals surface area (Å²) in [7, 11) is 3.11. The lowest BCUT2D eigenvalue weighted by Gasteiger charge is -2.22. The third kappa shape index (κ3) is 3.89. The van der Waals surface area contributed by atoms with Crippen molar-refractivity contribution >= 4 is 11.8 Å². The number of likely N-dealkylation sites (N-methyl/N-ethyl adjacent to an activating group) is 2. The highest BCUT2D eigenvalue weighted by Crippen LogP contribution is 2.04. The first-order valence-electron chi connectivity index (χ1n) is 5.62. The lowest BCUT2D eigenvalue weighted by atomic mass is 10.3. The summed E-state index contributed by atoms with van der Waals surface area (Å²) in [6.07, 6.45) is 0.813. The van der Waals surface area contributed by atoms with E-state index in [1.165, 1.54) is 23.1 Å². The molecule has 1 aromatic rings. The van der Waals surface area contributed by atoms with Crippen molar-refractivity contribution in [3.63, 3.8) is 0 Å². The molecule has 1 heterocycles. The number of amides is 2. The van der Waals surface area contributed by atoms with Gasteiger partial charge in [0.15, 0.2) is 5.76 Å². The Morgan fingerprint density at radius 1 is 1.39 bits per heavy atom. The highest BCUT2D eigenvalue weighted by molar-refractivity contribution is 5.94. The van der Waals surface area contributed by atoms with Gasteiger partial charge in [0.1, 0.15) is 0 Å². The van der Waals surface area contributed by atoms with Gasteiger partial charge in [-0.05, 0) is 19.1 Å². The number of furan rings is 1. The molecule has 0 bridgehead atoms. The molecule has 1 unspecified atom stereocenters. The molecule has 0 spiro atoms. The van der Waals surface area contributed by atoms with E-state index < -0.39 is 6.10 Å². The monoisotopic (exact) mass is 254 g/mol. The van der Waals surface area contributed by atoms with Crippen LogP contribution in [0.1, 0.15) is 17.5 Å². The zero-order valence-corrected chi connectivity index (χ0v) is 10.8. The van der Waals surface area contributed by atoms with E-state index in [1.807, 2.05) is 0 Å². The highest BCUT2D eigenvalue weighted by atomic mass is 16.3. The van der Waals surface area contributed by atoms with Gasteiger partial charge in [0.2, 0.25) is 5.91 Å². The van der Waals surface area contributed by atoms with Crippen molar-refractivity contribution in [3.8, 4) is 0 Å². The van der Waals surface area contributed by atoms with Crippen LogP contribution in [0.2, 0.25) is 0 Å². The summed E-state index contributed by atoms with van der Waals surface area (Å²) in [5.41, 5.74) is 0. The van der Waals surface area contributed by atoms with E-state index in [4.69, 9.17) is 4.42 Å². The Morgan fingerprint density at radius 3 is 2.56 bits per heavy atom. The van der Waals surface area contributed by atoms with E-state index in [-0.39, 0.29) is 30.7 Å². The molecule has 6 heteroatoms. The Labute approximate surface area is 106 Å². The minimum Gasteiger partial charge on any atom is -0.459 e. The lowest BCUT2D eigenvalue weighted by molar-refractivity contribution is -0.131. The predicted molar refractivity (Wildman–Crippen MR) is 65.0 cm³/mol. The first kappa shape index (κ1) is 14.2. The van der Waals surface area contributed by atoms with Crippen molar-refractivity contribution in [2.75, 3.05) is 27.2 Å². The fraction of sp³-hybridized carbons (Fsp3) is 0.500. The number of aliphatic hydroxyl groups is 1. The third-order valence-corrected chi connectivity index (χ3v) is 2.41. The molecule has 0 saturated heterocycles. The predicted octanol–water partition coefficient (Wildman–Crippen LogP) is 0.191. The summed E-state index contributed by atoms with van der Waals surface area (Å²) in [6, 6.07) is 3.16. The molecule has 0 aliphatic rings. The average molecular weight is 254 g/mol. The van der Waals surface area contributed by atoms with Crippen molar-refractivity contribution in [2.45, 2.75) is 13.0 Å². The van der Waals surface area contributed by atoms with Crippen molar-refractivity contribution in [2.24, 2.45) is 0 Å². The zero-order valence-electron chi connectivity index (χ0n) is 10.8. The maximum Gasteiger partial charge on any atom is 0.289 e. The summed E-state index contributed by atoms with van der Waals surface area (Å²) < 4.78 is 4.97. The van der Waals surface area contributed by atoms with E-state index in [1.54, 1.807) is 26.1 Å². The van der Waals surface area contributed by atoms with Crippen LogP contribution in [-0.4, -0.2) is 60.0 Å². The second-order valence-electron chi connectivity index (χ2n) is 4.26. The summed E-state index contributed by atoms with van der Waals surface area (Å²) in [4.78, 5) is 26.2. The standard InChI is InChI=1S/C12H18N2O4/c1-9(15)7-13(2)11(16)8-14(3)12(17)10-5-4-6-18-10/h4-6,9,15H,7-8H2,1-3H3. The van der Waals surface area contributed by atoms with Gasteiger partial charge in [0.05, 0.1) is 18.9 Å². The van der Waals surface area contributed by atoms with Gasteiger partial charge in [-0.15, -0.1) is 0 Å². The molecule has 0 saturated carbocycles. The Morgan fingerprint density at radius 2 is 2.06 bits per heavy atom. The van der Waals surface area contributed by atoms with E-state index >= 15 is 0 Å². The van der Waals surface area contributed by atoms with Gasteiger partial charge >= 0.3 is 0 Å². The molecule has 6 nitrogen and oxygen atoms in total. The normalized spacial score (nSPS) is 12.0. The average Bonchev–Trinajstić information content (AvgIpc) is 2.80. The maximum atomic E-state index is 11.8. The topological polar surface area (TPSA) is 74.0 Å². The number of carbonyl (C=O) groups is 2. The minimum absolute atomic E-state index is 0.0528. The van der Waals surface area contributed by atoms with Crippen LogP contribution >= 0.6 is 0 Å². The van der Waals surface area contributed by atoms with Crippen LogP contribution < -0.4 is 0 Å². The Kier molecular flexibility index (Phi) is 4.91. The van der Waals surface area contributed by atoms with Crippen LogP contribution in [0.15, 0.2) is 22.8 Å². The van der Waals surface area contributed by atoms with Gasteiger partial charge in [-0.3, -0.25) is 9.59 Å². The first-order chi connectivity index (χ1) is 8.41. The molecule has 0 aliphatic heterocycles. The van der Waals surface area contributed by atoms with E-state index in [9.17, 15) is 14.7 Å². The van der Waals surface area contributed by atoms with Crippen LogP contribution in [-0.2, 0) is 4.79 Å². The Hall–Kier alpha value is -1.82. The lowest BCUT2D eigenvalue weighted by Crippen LogP contribution is -2.41. The largest absolute Gasteiger partial charge is 0.459 e. The van der Waals surface area contributed by atoms with Gasteiger partial charge in [-0.25, -0.2) is 0 Å². The fourth-order valence-corrected chi connectivity index (χ4v) is 1.48. The molecule has 1 aromatic heterocycles. The molecule has 0 aliphatic carbocycles. The van der Waals surface area contributed by atoms with Gasteiger partial charge < -0.3 is 19.3 Å². The molecule has 0 aromatic carbocycles. The Balaban J connectivity index is 2.52. The summed E-state index contributed by atoms with van der Waals surface area (Å²) in [5.74, 6) is -0.388. The first-order valence-corrected chi connectivity index (χ1v) is 5.62. The van der Waals surface area contributed by atoms with Crippen LogP contribution in [0.25, 0.3) is 0 Å². The molecule has 1 atom stereocenters. The van der Waals surface area contributed by atoms with Crippen LogP contribution in [0, 0.1) is 0 Å². The minimum atomic E-state index is -0.593. The number of rotatable bonds is 5. The van der Waals surface area contributed by atoms with Gasteiger partial charge in [-0.1, -0.05) is 0 Å². The number of hydrogen-bond acceptors (Lipinski definition) is 4. The number of nitrogens with zero attached hydrogens (tertiary/aromatic N) is 2. The number of carbonyl (C=O) groups excluding carboxylic acids is 2. The molecule has 2 amide bonds. The Bertz CT molecular complexity index is 400. The molecular formula is C12H18N2O4. The zero-order chi connectivity index (χ0) is 13.7. The summed E-state index contributed by atoms with van der Waals surface area (Å²) in [6.45, 7) is 1.78. The van der Waals surface area contributed by atoms with Crippen molar-refractivity contribution in [1.29, 1.82) is 0 Å². The van der Waals surface area contributed by atoms with Gasteiger partial charge in [-0.2, -0.15) is 0 Å². The maximum absolute atomic E-state index is 11.8. The van der Waals surface area contributed by atoms with Crippen LogP contribution in [0.4, 0.5) is 0 Å². The molecule has 1 rings (SSSR count). The van der Waals surface area contributed by atoms with Crippen LogP contribution in [0.5, 0.6) is 0 Å². The van der Waals surface area contributed by atoms with E-state index in [0.29, 0.717) is 0 Å². The third-order valence-electron chi connectivity index (χ3n) is 2.41. The molecule has 1 N–H and O–H groups in total. The van der Waals surface area contributed by atoms with Crippen LogP contribution in [0.3, 0.4) is 0 Å². The highest BCUT2D eigenvalue weighted by Gasteiger charge is 2.19. The molecule has 100 valence electrons. The number of aliphatic hydroxyl groups excluding tert-OH is 1. The van der Waals surface area contributed by atoms with E-state index in [2.05, 4.69) is 0 Å². The van der Waals surface area contributed by atoms with E-state index in [0.717, 1.165) is 0 Å². The summed E-state index contributed by atoms with van der Waals surface area (Å²) in [5, 5.41) is 9.18.